The van der Waals surface area contributed by atoms with Crippen LogP contribution in [0.3, 0.4) is 0 Å². The van der Waals surface area contributed by atoms with Gasteiger partial charge in [-0.1, -0.05) is 18.2 Å². The molecule has 1 atom stereocenters. The van der Waals surface area contributed by atoms with Crippen molar-refractivity contribution in [3.05, 3.63) is 53.5 Å². The zero-order chi connectivity index (χ0) is 13.5. The Labute approximate surface area is 117 Å². The van der Waals surface area contributed by atoms with Gasteiger partial charge < -0.3 is 10.3 Å². The molecule has 3 heterocycles. The standard InChI is InChI=1S/C16H16N4/c1-10-6-14-16(18-8-10)20-15(19-14)12-7-11-4-2-3-5-13(11)17-9-12/h2-6,8,12,17H,7,9H2,1H3,(H,18,19,20). The average molecular weight is 264 g/mol. The molecule has 4 heteroatoms. The Bertz CT molecular complexity index is 775. The number of anilines is 1. The van der Waals surface area contributed by atoms with Crippen molar-refractivity contribution in [2.24, 2.45) is 0 Å². The van der Waals surface area contributed by atoms with Crippen LogP contribution >= 0.6 is 0 Å². The summed E-state index contributed by atoms with van der Waals surface area (Å²) >= 11 is 0. The van der Waals surface area contributed by atoms with Crippen molar-refractivity contribution in [3.63, 3.8) is 0 Å². The topological polar surface area (TPSA) is 53.6 Å². The highest BCUT2D eigenvalue weighted by Gasteiger charge is 2.22. The summed E-state index contributed by atoms with van der Waals surface area (Å²) < 4.78 is 0. The van der Waals surface area contributed by atoms with E-state index in [-0.39, 0.29) is 0 Å². The number of rotatable bonds is 1. The van der Waals surface area contributed by atoms with Crippen molar-refractivity contribution in [3.8, 4) is 0 Å². The number of H-pyrrole nitrogens is 1. The summed E-state index contributed by atoms with van der Waals surface area (Å²) in [6.45, 7) is 2.96. The van der Waals surface area contributed by atoms with Gasteiger partial charge in [0.2, 0.25) is 0 Å². The van der Waals surface area contributed by atoms with Gasteiger partial charge in [-0.15, -0.1) is 0 Å². The summed E-state index contributed by atoms with van der Waals surface area (Å²) in [6, 6.07) is 10.6. The highest BCUT2D eigenvalue weighted by Crippen LogP contribution is 2.29. The second kappa shape index (κ2) is 4.34. The number of nitrogens with zero attached hydrogens (tertiary/aromatic N) is 2. The van der Waals surface area contributed by atoms with Gasteiger partial charge in [0, 0.05) is 24.3 Å². The maximum atomic E-state index is 4.64. The highest BCUT2D eigenvalue weighted by atomic mass is 15.0. The zero-order valence-electron chi connectivity index (χ0n) is 11.4. The lowest BCUT2D eigenvalue weighted by Crippen LogP contribution is -2.22. The fraction of sp³-hybridized carbons (Fsp3) is 0.250. The number of benzene rings is 1. The van der Waals surface area contributed by atoms with E-state index in [9.17, 15) is 0 Å². The van der Waals surface area contributed by atoms with Crippen molar-refractivity contribution in [1.82, 2.24) is 15.0 Å². The molecule has 0 radical (unpaired) electrons. The Morgan fingerprint density at radius 2 is 2.15 bits per heavy atom. The normalized spacial score (nSPS) is 17.8. The second-order valence-corrected chi connectivity index (χ2v) is 5.44. The van der Waals surface area contributed by atoms with Crippen LogP contribution < -0.4 is 5.32 Å². The molecule has 1 aliphatic heterocycles. The van der Waals surface area contributed by atoms with E-state index in [0.717, 1.165) is 35.5 Å². The van der Waals surface area contributed by atoms with E-state index in [2.05, 4.69) is 50.6 Å². The number of imidazole rings is 1. The lowest BCUT2D eigenvalue weighted by molar-refractivity contribution is 0.659. The minimum absolute atomic E-state index is 0.374. The van der Waals surface area contributed by atoms with Gasteiger partial charge in [0.15, 0.2) is 5.65 Å². The maximum Gasteiger partial charge on any atom is 0.177 e. The predicted molar refractivity (Wildman–Crippen MR) is 80.0 cm³/mol. The lowest BCUT2D eigenvalue weighted by Gasteiger charge is -2.24. The number of pyridine rings is 1. The van der Waals surface area contributed by atoms with E-state index < -0.39 is 0 Å². The molecule has 2 aromatic heterocycles. The molecule has 0 aliphatic carbocycles. The first-order chi connectivity index (χ1) is 9.79. The minimum Gasteiger partial charge on any atom is -0.384 e. The van der Waals surface area contributed by atoms with Gasteiger partial charge in [-0.2, -0.15) is 0 Å². The average Bonchev–Trinajstić information content (AvgIpc) is 2.89. The number of hydrogen-bond acceptors (Lipinski definition) is 3. The van der Waals surface area contributed by atoms with E-state index in [1.807, 2.05) is 13.1 Å². The van der Waals surface area contributed by atoms with E-state index >= 15 is 0 Å². The molecule has 0 fully saturated rings. The van der Waals surface area contributed by atoms with Gasteiger partial charge >= 0.3 is 0 Å². The Kier molecular flexibility index (Phi) is 2.49. The van der Waals surface area contributed by atoms with Crippen LogP contribution in [-0.4, -0.2) is 21.5 Å². The largest absolute Gasteiger partial charge is 0.384 e. The van der Waals surface area contributed by atoms with E-state index in [0.29, 0.717) is 5.92 Å². The summed E-state index contributed by atoms with van der Waals surface area (Å²) in [4.78, 5) is 12.4. The maximum absolute atomic E-state index is 4.64. The van der Waals surface area contributed by atoms with Crippen LogP contribution in [0, 0.1) is 6.92 Å². The van der Waals surface area contributed by atoms with E-state index in [1.54, 1.807) is 0 Å². The van der Waals surface area contributed by atoms with Gasteiger partial charge in [0.05, 0.1) is 5.52 Å². The van der Waals surface area contributed by atoms with Gasteiger partial charge in [-0.25, -0.2) is 9.97 Å². The third kappa shape index (κ3) is 1.84. The molecular weight excluding hydrogens is 248 g/mol. The van der Waals surface area contributed by atoms with Gasteiger partial charge in [0.1, 0.15) is 5.82 Å². The molecule has 3 aromatic rings. The summed E-state index contributed by atoms with van der Waals surface area (Å²) in [7, 11) is 0. The predicted octanol–water partition coefficient (Wildman–Crippen LogP) is 3.02. The van der Waals surface area contributed by atoms with Gasteiger partial charge in [-0.05, 0) is 36.6 Å². The second-order valence-electron chi connectivity index (χ2n) is 5.44. The number of fused-ring (bicyclic) bond motifs is 2. The van der Waals surface area contributed by atoms with Crippen LogP contribution in [0.4, 0.5) is 5.69 Å². The van der Waals surface area contributed by atoms with Crippen molar-refractivity contribution in [2.45, 2.75) is 19.3 Å². The minimum atomic E-state index is 0.374. The van der Waals surface area contributed by atoms with Crippen LogP contribution in [0.1, 0.15) is 22.9 Å². The molecule has 100 valence electrons. The highest BCUT2D eigenvalue weighted by molar-refractivity contribution is 5.71. The zero-order valence-corrected chi connectivity index (χ0v) is 11.4. The summed E-state index contributed by atoms with van der Waals surface area (Å²) in [5.41, 5.74) is 5.59. The fourth-order valence-electron chi connectivity index (χ4n) is 2.85. The molecular formula is C16H16N4. The molecule has 0 saturated heterocycles. The number of hydrogen-bond donors (Lipinski definition) is 2. The molecule has 0 bridgehead atoms. The molecule has 0 amide bonds. The molecule has 20 heavy (non-hydrogen) atoms. The molecule has 0 spiro atoms. The van der Waals surface area contributed by atoms with Gasteiger partial charge in [-0.3, -0.25) is 0 Å². The Hall–Kier alpha value is -2.36. The first-order valence-corrected chi connectivity index (χ1v) is 6.93. The molecule has 0 saturated carbocycles. The lowest BCUT2D eigenvalue weighted by atomic mass is 9.93. The van der Waals surface area contributed by atoms with Gasteiger partial charge in [0.25, 0.3) is 0 Å². The first-order valence-electron chi connectivity index (χ1n) is 6.93. The van der Waals surface area contributed by atoms with E-state index in [4.69, 9.17) is 0 Å². The summed E-state index contributed by atoms with van der Waals surface area (Å²) in [5.74, 6) is 1.40. The van der Waals surface area contributed by atoms with Crippen LogP contribution in [-0.2, 0) is 6.42 Å². The van der Waals surface area contributed by atoms with Crippen molar-refractivity contribution < 1.29 is 0 Å². The molecule has 1 unspecified atom stereocenters. The van der Waals surface area contributed by atoms with Crippen molar-refractivity contribution in [2.75, 3.05) is 11.9 Å². The summed E-state index contributed by atoms with van der Waals surface area (Å²) in [6.07, 6.45) is 2.88. The molecule has 1 aliphatic rings. The molecule has 2 N–H and O–H groups in total. The Morgan fingerprint density at radius 3 is 3.10 bits per heavy atom. The van der Waals surface area contributed by atoms with Crippen LogP contribution in [0.25, 0.3) is 11.2 Å². The molecule has 1 aromatic carbocycles. The number of aromatic nitrogens is 3. The van der Waals surface area contributed by atoms with Crippen LogP contribution in [0.15, 0.2) is 36.5 Å². The van der Waals surface area contributed by atoms with Crippen LogP contribution in [0.2, 0.25) is 0 Å². The van der Waals surface area contributed by atoms with E-state index in [1.165, 1.54) is 11.3 Å². The van der Waals surface area contributed by atoms with Crippen molar-refractivity contribution >= 4 is 16.9 Å². The monoisotopic (exact) mass is 264 g/mol. The summed E-state index contributed by atoms with van der Waals surface area (Å²) in [5, 5.41) is 3.49. The van der Waals surface area contributed by atoms with Crippen LogP contribution in [0.5, 0.6) is 0 Å². The smallest absolute Gasteiger partial charge is 0.177 e. The quantitative estimate of drug-likeness (QED) is 0.710. The number of aromatic amines is 1. The number of nitrogens with one attached hydrogen (secondary N) is 2. The van der Waals surface area contributed by atoms with Crippen molar-refractivity contribution in [1.29, 1.82) is 0 Å². The Balaban J connectivity index is 1.70. The SMILES string of the molecule is Cc1cnc2nc(C3CNc4ccccc4C3)[nH]c2c1. The third-order valence-electron chi connectivity index (χ3n) is 3.90. The number of para-hydroxylation sites is 1. The molecule has 4 rings (SSSR count). The Morgan fingerprint density at radius 1 is 1.25 bits per heavy atom. The number of aryl methyl sites for hydroxylation is 1. The fourth-order valence-corrected chi connectivity index (χ4v) is 2.85. The first kappa shape index (κ1) is 11.5. The third-order valence-corrected chi connectivity index (χ3v) is 3.90. The molecule has 4 nitrogen and oxygen atoms in total.